The van der Waals surface area contributed by atoms with E-state index in [1.54, 1.807) is 29.2 Å². The van der Waals surface area contributed by atoms with Crippen molar-refractivity contribution in [1.82, 2.24) is 9.80 Å². The third-order valence-corrected chi connectivity index (χ3v) is 6.28. The molecule has 0 bridgehead atoms. The van der Waals surface area contributed by atoms with Crippen LogP contribution >= 0.6 is 0 Å². The zero-order valence-electron chi connectivity index (χ0n) is 15.5. The van der Waals surface area contributed by atoms with Crippen molar-refractivity contribution < 1.29 is 14.3 Å². The summed E-state index contributed by atoms with van der Waals surface area (Å²) in [7, 11) is 0. The summed E-state index contributed by atoms with van der Waals surface area (Å²) in [5.41, 5.74) is 0.573. The molecule has 6 nitrogen and oxygen atoms in total. The largest absolute Gasteiger partial charge is 0.381 e. The molecule has 27 heavy (non-hydrogen) atoms. The summed E-state index contributed by atoms with van der Waals surface area (Å²) in [4.78, 5) is 30.1. The molecule has 3 saturated heterocycles. The fourth-order valence-corrected chi connectivity index (χ4v) is 4.77. The lowest BCUT2D eigenvalue weighted by Crippen LogP contribution is -2.55. The van der Waals surface area contributed by atoms with E-state index in [9.17, 15) is 9.59 Å². The molecule has 2 amide bonds. The summed E-state index contributed by atoms with van der Waals surface area (Å²) >= 11 is 0. The number of hydrogen-bond donors (Lipinski definition) is 0. The van der Waals surface area contributed by atoms with Gasteiger partial charge in [0.05, 0.1) is 17.0 Å². The second kappa shape index (κ2) is 7.32. The first-order valence-corrected chi connectivity index (χ1v) is 9.81. The highest BCUT2D eigenvalue weighted by Gasteiger charge is 2.50. The van der Waals surface area contributed by atoms with Gasteiger partial charge in [-0.1, -0.05) is 6.07 Å². The Hall–Kier alpha value is -2.39. The lowest BCUT2D eigenvalue weighted by molar-refractivity contribution is -0.150. The van der Waals surface area contributed by atoms with E-state index in [2.05, 4.69) is 11.0 Å². The Morgan fingerprint density at radius 1 is 1.22 bits per heavy atom. The summed E-state index contributed by atoms with van der Waals surface area (Å²) in [5, 5.41) is 9.06. The van der Waals surface area contributed by atoms with Crippen molar-refractivity contribution in [2.24, 2.45) is 5.41 Å². The average Bonchev–Trinajstić information content (AvgIpc) is 3.15. The van der Waals surface area contributed by atoms with Crippen LogP contribution in [0, 0.1) is 16.7 Å². The van der Waals surface area contributed by atoms with Crippen molar-refractivity contribution >= 4 is 11.8 Å². The van der Waals surface area contributed by atoms with Crippen LogP contribution in [-0.2, 0) is 9.53 Å². The molecule has 3 heterocycles. The number of carbonyl (C=O) groups excluding carboxylic acids is 2. The number of benzene rings is 1. The normalized spacial score (nSPS) is 26.4. The molecule has 0 radical (unpaired) electrons. The monoisotopic (exact) mass is 367 g/mol. The third kappa shape index (κ3) is 3.32. The minimum atomic E-state index is -0.431. The van der Waals surface area contributed by atoms with E-state index in [-0.39, 0.29) is 17.9 Å². The van der Waals surface area contributed by atoms with Crippen molar-refractivity contribution in [3.8, 4) is 6.07 Å². The maximum atomic E-state index is 13.4. The molecule has 0 N–H and O–H groups in total. The predicted molar refractivity (Wildman–Crippen MR) is 98.9 cm³/mol. The Balaban J connectivity index is 1.49. The van der Waals surface area contributed by atoms with Gasteiger partial charge in [-0.15, -0.1) is 0 Å². The van der Waals surface area contributed by atoms with Gasteiger partial charge in [-0.05, 0) is 50.3 Å². The zero-order chi connectivity index (χ0) is 18.9. The highest BCUT2D eigenvalue weighted by molar-refractivity contribution is 5.96. The van der Waals surface area contributed by atoms with Crippen LogP contribution in [-0.4, -0.2) is 60.5 Å². The molecule has 6 heteroatoms. The van der Waals surface area contributed by atoms with Gasteiger partial charge in [-0.25, -0.2) is 0 Å². The van der Waals surface area contributed by atoms with Gasteiger partial charge in [0.2, 0.25) is 5.91 Å². The lowest BCUT2D eigenvalue weighted by atomic mass is 9.77. The smallest absolute Gasteiger partial charge is 0.253 e. The summed E-state index contributed by atoms with van der Waals surface area (Å²) in [6, 6.07) is 9.15. The number of rotatable bonds is 2. The summed E-state index contributed by atoms with van der Waals surface area (Å²) in [6.45, 7) is 3.36. The fraction of sp³-hybridized carbons (Fsp3) is 0.571. The second-order valence-corrected chi connectivity index (χ2v) is 7.90. The maximum absolute atomic E-state index is 13.4. The molecule has 142 valence electrons. The van der Waals surface area contributed by atoms with Crippen LogP contribution in [0.3, 0.4) is 0 Å². The Bertz CT molecular complexity index is 781. The fourth-order valence-electron chi connectivity index (χ4n) is 4.77. The van der Waals surface area contributed by atoms with E-state index in [0.717, 1.165) is 51.9 Å². The first kappa shape index (κ1) is 18.0. The van der Waals surface area contributed by atoms with Gasteiger partial charge in [0.1, 0.15) is 0 Å². The van der Waals surface area contributed by atoms with Crippen LogP contribution in [0.25, 0.3) is 0 Å². The van der Waals surface area contributed by atoms with E-state index in [4.69, 9.17) is 10.00 Å². The van der Waals surface area contributed by atoms with Gasteiger partial charge >= 0.3 is 0 Å². The van der Waals surface area contributed by atoms with Crippen molar-refractivity contribution in [2.75, 3.05) is 32.8 Å². The van der Waals surface area contributed by atoms with E-state index >= 15 is 0 Å². The highest BCUT2D eigenvalue weighted by atomic mass is 16.5. The molecule has 3 aliphatic rings. The van der Waals surface area contributed by atoms with Gasteiger partial charge in [0.25, 0.3) is 5.91 Å². The minimum Gasteiger partial charge on any atom is -0.381 e. The molecule has 3 fully saturated rings. The van der Waals surface area contributed by atoms with Gasteiger partial charge < -0.3 is 14.5 Å². The number of nitrogens with zero attached hydrogens (tertiary/aromatic N) is 3. The number of likely N-dealkylation sites (tertiary alicyclic amines) is 2. The van der Waals surface area contributed by atoms with Gasteiger partial charge in [-0.2, -0.15) is 5.26 Å². The van der Waals surface area contributed by atoms with E-state index < -0.39 is 5.41 Å². The minimum absolute atomic E-state index is 0.0834. The van der Waals surface area contributed by atoms with Crippen molar-refractivity contribution in [2.45, 2.75) is 38.1 Å². The number of piperidine rings is 1. The van der Waals surface area contributed by atoms with Gasteiger partial charge in [0.15, 0.2) is 0 Å². The molecule has 0 aromatic heterocycles. The number of ether oxygens (including phenoxy) is 1. The highest BCUT2D eigenvalue weighted by Crippen LogP contribution is 2.41. The van der Waals surface area contributed by atoms with Gasteiger partial charge in [0, 0.05) is 44.5 Å². The number of carbonyl (C=O) groups is 2. The number of hydrogen-bond acceptors (Lipinski definition) is 4. The Morgan fingerprint density at radius 2 is 2.04 bits per heavy atom. The van der Waals surface area contributed by atoms with Crippen LogP contribution in [0.15, 0.2) is 24.3 Å². The van der Waals surface area contributed by atoms with E-state index in [0.29, 0.717) is 24.2 Å². The van der Waals surface area contributed by atoms with Crippen molar-refractivity contribution in [1.29, 1.82) is 5.26 Å². The molecule has 0 aliphatic carbocycles. The van der Waals surface area contributed by atoms with Crippen molar-refractivity contribution in [3.63, 3.8) is 0 Å². The van der Waals surface area contributed by atoms with Gasteiger partial charge in [-0.3, -0.25) is 9.59 Å². The predicted octanol–water partition coefficient (Wildman–Crippen LogP) is 2.19. The van der Waals surface area contributed by atoms with Crippen LogP contribution in [0.1, 0.15) is 48.0 Å². The first-order chi connectivity index (χ1) is 13.1. The second-order valence-electron chi connectivity index (χ2n) is 7.90. The Kier molecular flexibility index (Phi) is 4.88. The molecule has 0 saturated carbocycles. The van der Waals surface area contributed by atoms with Crippen LogP contribution < -0.4 is 0 Å². The maximum Gasteiger partial charge on any atom is 0.253 e. The lowest BCUT2D eigenvalue weighted by Gasteiger charge is -2.44. The zero-order valence-corrected chi connectivity index (χ0v) is 15.5. The summed E-state index contributed by atoms with van der Waals surface area (Å²) in [5.74, 6) is 0.140. The summed E-state index contributed by atoms with van der Waals surface area (Å²) in [6.07, 6.45) is 4.40. The van der Waals surface area contributed by atoms with Crippen LogP contribution in [0.5, 0.6) is 0 Å². The van der Waals surface area contributed by atoms with Crippen LogP contribution in [0.4, 0.5) is 0 Å². The first-order valence-electron chi connectivity index (χ1n) is 9.81. The number of amides is 2. The summed E-state index contributed by atoms with van der Waals surface area (Å²) < 4.78 is 5.45. The third-order valence-electron chi connectivity index (χ3n) is 6.28. The Labute approximate surface area is 159 Å². The topological polar surface area (TPSA) is 73.6 Å². The molecule has 1 atom stereocenters. The molecular formula is C21H25N3O3. The molecule has 1 spiro atoms. The molecule has 1 unspecified atom stereocenters. The Morgan fingerprint density at radius 3 is 2.81 bits per heavy atom. The SMILES string of the molecule is N#Cc1cccc(C(=O)N2CCC3(CCCN(C4CCOCC4)C3=O)C2)c1. The van der Waals surface area contributed by atoms with E-state index in [1.807, 2.05) is 0 Å². The molecule has 4 rings (SSSR count). The number of nitriles is 1. The van der Waals surface area contributed by atoms with Crippen LogP contribution in [0.2, 0.25) is 0 Å². The average molecular weight is 367 g/mol. The molecule has 3 aliphatic heterocycles. The quantitative estimate of drug-likeness (QED) is 0.803. The molecular weight excluding hydrogens is 342 g/mol. The molecule has 1 aromatic rings. The standard InChI is InChI=1S/C21H25N3O3/c22-14-16-3-1-4-17(13-16)19(25)23-10-8-21(15-23)7-2-9-24(20(21)26)18-5-11-27-12-6-18/h1,3-4,13,18H,2,5-12,15H2. The van der Waals surface area contributed by atoms with Crippen molar-refractivity contribution in [3.05, 3.63) is 35.4 Å². The molecule has 1 aromatic carbocycles. The van der Waals surface area contributed by atoms with E-state index in [1.165, 1.54) is 0 Å².